The molecule has 1 aliphatic rings. The normalized spacial score (nSPS) is 18.6. The van der Waals surface area contributed by atoms with Crippen LogP contribution in [-0.4, -0.2) is 29.8 Å². The quantitative estimate of drug-likeness (QED) is 0.910. The number of hydrogen-bond acceptors (Lipinski definition) is 4. The van der Waals surface area contributed by atoms with Gasteiger partial charge in [0.2, 0.25) is 0 Å². The number of benzene rings is 1. The molecule has 24 heavy (non-hydrogen) atoms. The molecule has 1 aromatic heterocycles. The molecule has 0 aliphatic carbocycles. The second kappa shape index (κ2) is 6.91. The zero-order valence-corrected chi connectivity index (χ0v) is 14.2. The molecule has 5 nitrogen and oxygen atoms in total. The Balaban J connectivity index is 1.91. The summed E-state index contributed by atoms with van der Waals surface area (Å²) in [7, 11) is 0. The fraction of sp³-hybridized carbons (Fsp3) is 0.412. The van der Waals surface area contributed by atoms with E-state index in [1.165, 1.54) is 12.1 Å². The van der Waals surface area contributed by atoms with Crippen LogP contribution in [0.1, 0.15) is 35.9 Å². The van der Waals surface area contributed by atoms with Crippen LogP contribution in [0, 0.1) is 12.7 Å². The molecule has 1 N–H and O–H groups in total. The summed E-state index contributed by atoms with van der Waals surface area (Å²) in [5, 5.41) is 6.90. The van der Waals surface area contributed by atoms with Gasteiger partial charge in [-0.25, -0.2) is 4.39 Å². The van der Waals surface area contributed by atoms with Gasteiger partial charge in [-0.3, -0.25) is 4.79 Å². The minimum atomic E-state index is -0.558. The van der Waals surface area contributed by atoms with Gasteiger partial charge >= 0.3 is 0 Å². The van der Waals surface area contributed by atoms with Crippen LogP contribution < -0.4 is 5.32 Å². The summed E-state index contributed by atoms with van der Waals surface area (Å²) in [6, 6.07) is 4.13. The van der Waals surface area contributed by atoms with Gasteiger partial charge in [0.15, 0.2) is 0 Å². The molecule has 0 bridgehead atoms. The number of nitrogens with zero attached hydrogens (tertiary/aromatic N) is 1. The highest BCUT2D eigenvalue weighted by Gasteiger charge is 2.29. The van der Waals surface area contributed by atoms with Crippen molar-refractivity contribution < 1.29 is 18.4 Å². The lowest BCUT2D eigenvalue weighted by Crippen LogP contribution is -2.41. The van der Waals surface area contributed by atoms with Crippen molar-refractivity contribution >= 4 is 17.5 Å². The van der Waals surface area contributed by atoms with E-state index in [-0.39, 0.29) is 39.9 Å². The fourth-order valence-electron chi connectivity index (χ4n) is 2.90. The van der Waals surface area contributed by atoms with Crippen LogP contribution >= 0.6 is 11.6 Å². The predicted octanol–water partition coefficient (Wildman–Crippen LogP) is 3.74. The van der Waals surface area contributed by atoms with Gasteiger partial charge in [-0.05, 0) is 38.8 Å². The summed E-state index contributed by atoms with van der Waals surface area (Å²) in [6.45, 7) is 4.19. The summed E-state index contributed by atoms with van der Waals surface area (Å²) in [6.07, 6.45) is 1.86. The number of rotatable bonds is 4. The van der Waals surface area contributed by atoms with Crippen LogP contribution in [0.15, 0.2) is 22.7 Å². The number of halogens is 2. The Bertz CT molecular complexity index is 736. The van der Waals surface area contributed by atoms with Crippen molar-refractivity contribution in [3.05, 3.63) is 40.4 Å². The van der Waals surface area contributed by atoms with Gasteiger partial charge in [0.05, 0.1) is 22.7 Å². The highest BCUT2D eigenvalue weighted by molar-refractivity contribution is 6.33. The van der Waals surface area contributed by atoms with Gasteiger partial charge < -0.3 is 14.6 Å². The second-order valence-electron chi connectivity index (χ2n) is 5.87. The molecule has 0 saturated carbocycles. The first-order valence-corrected chi connectivity index (χ1v) is 8.20. The van der Waals surface area contributed by atoms with Gasteiger partial charge in [0, 0.05) is 6.61 Å². The summed E-state index contributed by atoms with van der Waals surface area (Å²) in [5.74, 6) is -0.635. The average molecular weight is 353 g/mol. The smallest absolute Gasteiger partial charge is 0.257 e. The number of carbonyl (C=O) groups is 1. The van der Waals surface area contributed by atoms with Crippen LogP contribution in [0.2, 0.25) is 5.02 Å². The number of aryl methyl sites for hydroxylation is 1. The van der Waals surface area contributed by atoms with Gasteiger partial charge in [0.25, 0.3) is 5.91 Å². The highest BCUT2D eigenvalue weighted by atomic mass is 35.5. The van der Waals surface area contributed by atoms with Crippen molar-refractivity contribution in [2.75, 3.05) is 6.61 Å². The maximum absolute atomic E-state index is 14.2. The first kappa shape index (κ1) is 16.9. The standard InChI is InChI=1S/C17H18ClFN2O3/c1-9(13-7-4-8-23-13)20-17(22)14-10(2)24-21-16(14)15-11(18)5-3-6-12(15)19/h3,5-6,9,13H,4,7-8H2,1-2H3,(H,20,22). The molecular weight excluding hydrogens is 335 g/mol. The van der Waals surface area contributed by atoms with Crippen LogP contribution in [0.3, 0.4) is 0 Å². The van der Waals surface area contributed by atoms with Crippen molar-refractivity contribution in [3.8, 4) is 11.3 Å². The fourth-order valence-corrected chi connectivity index (χ4v) is 3.16. The Labute approximate surface area is 144 Å². The molecule has 0 spiro atoms. The maximum atomic E-state index is 14.2. The van der Waals surface area contributed by atoms with E-state index in [9.17, 15) is 9.18 Å². The minimum absolute atomic E-state index is 0.0189. The van der Waals surface area contributed by atoms with E-state index in [1.807, 2.05) is 6.92 Å². The van der Waals surface area contributed by atoms with Crippen LogP contribution in [0.4, 0.5) is 4.39 Å². The first-order chi connectivity index (χ1) is 11.5. The van der Waals surface area contributed by atoms with Crippen molar-refractivity contribution in [1.82, 2.24) is 10.5 Å². The van der Waals surface area contributed by atoms with Gasteiger partial charge in [-0.1, -0.05) is 22.8 Å². The molecule has 2 heterocycles. The van der Waals surface area contributed by atoms with E-state index in [0.717, 1.165) is 12.8 Å². The lowest BCUT2D eigenvalue weighted by Gasteiger charge is -2.20. The van der Waals surface area contributed by atoms with E-state index in [2.05, 4.69) is 10.5 Å². The summed E-state index contributed by atoms with van der Waals surface area (Å²) >= 11 is 6.09. The number of ether oxygens (including phenoxy) is 1. The monoisotopic (exact) mass is 352 g/mol. The predicted molar refractivity (Wildman–Crippen MR) is 87.5 cm³/mol. The summed E-state index contributed by atoms with van der Waals surface area (Å²) in [4.78, 5) is 12.7. The molecule has 2 atom stereocenters. The molecule has 2 unspecified atom stereocenters. The molecule has 128 valence electrons. The Kier molecular flexibility index (Phi) is 4.87. The van der Waals surface area contributed by atoms with E-state index in [1.54, 1.807) is 13.0 Å². The summed E-state index contributed by atoms with van der Waals surface area (Å²) < 4.78 is 24.9. The highest BCUT2D eigenvalue weighted by Crippen LogP contribution is 2.33. The molecule has 1 saturated heterocycles. The Morgan fingerprint density at radius 2 is 2.29 bits per heavy atom. The van der Waals surface area contributed by atoms with E-state index in [0.29, 0.717) is 12.4 Å². The van der Waals surface area contributed by atoms with Crippen LogP contribution in [-0.2, 0) is 4.74 Å². The zero-order valence-electron chi connectivity index (χ0n) is 13.4. The van der Waals surface area contributed by atoms with Gasteiger partial charge in [-0.2, -0.15) is 0 Å². The van der Waals surface area contributed by atoms with E-state index in [4.69, 9.17) is 20.9 Å². The number of amides is 1. The summed E-state index contributed by atoms with van der Waals surface area (Å²) in [5.41, 5.74) is 0.352. The zero-order chi connectivity index (χ0) is 17.3. The Morgan fingerprint density at radius 3 is 2.96 bits per heavy atom. The Morgan fingerprint density at radius 1 is 1.50 bits per heavy atom. The maximum Gasteiger partial charge on any atom is 0.257 e. The third kappa shape index (κ3) is 3.16. The molecule has 1 amide bonds. The largest absolute Gasteiger partial charge is 0.376 e. The molecular formula is C17H18ClFN2O3. The van der Waals surface area contributed by atoms with Crippen LogP contribution in [0.25, 0.3) is 11.3 Å². The van der Waals surface area contributed by atoms with E-state index < -0.39 is 5.82 Å². The number of nitrogens with one attached hydrogen (secondary N) is 1. The van der Waals surface area contributed by atoms with Crippen molar-refractivity contribution in [2.24, 2.45) is 0 Å². The van der Waals surface area contributed by atoms with Crippen molar-refractivity contribution in [2.45, 2.75) is 38.8 Å². The Hall–Kier alpha value is -1.92. The lowest BCUT2D eigenvalue weighted by molar-refractivity contribution is 0.0712. The molecule has 0 radical (unpaired) electrons. The number of carbonyl (C=O) groups excluding carboxylic acids is 1. The molecule has 1 fully saturated rings. The van der Waals surface area contributed by atoms with Gasteiger partial charge in [-0.15, -0.1) is 0 Å². The minimum Gasteiger partial charge on any atom is -0.376 e. The van der Waals surface area contributed by atoms with Gasteiger partial charge in [0.1, 0.15) is 22.8 Å². The second-order valence-corrected chi connectivity index (χ2v) is 6.28. The first-order valence-electron chi connectivity index (χ1n) is 7.82. The van der Waals surface area contributed by atoms with E-state index >= 15 is 0 Å². The third-order valence-corrected chi connectivity index (χ3v) is 4.49. The molecule has 1 aliphatic heterocycles. The van der Waals surface area contributed by atoms with Crippen LogP contribution in [0.5, 0.6) is 0 Å². The van der Waals surface area contributed by atoms with Crippen molar-refractivity contribution in [3.63, 3.8) is 0 Å². The molecule has 7 heteroatoms. The third-order valence-electron chi connectivity index (χ3n) is 4.17. The van der Waals surface area contributed by atoms with Crippen molar-refractivity contribution in [1.29, 1.82) is 0 Å². The number of hydrogen-bond donors (Lipinski definition) is 1. The number of aromatic nitrogens is 1. The lowest BCUT2D eigenvalue weighted by atomic mass is 10.0. The molecule has 2 aromatic rings. The SMILES string of the molecule is Cc1onc(-c2c(F)cccc2Cl)c1C(=O)NC(C)C1CCCO1. The molecule has 1 aromatic carbocycles. The average Bonchev–Trinajstić information content (AvgIpc) is 3.17. The topological polar surface area (TPSA) is 64.4 Å². The molecule has 3 rings (SSSR count).